The van der Waals surface area contributed by atoms with Crippen LogP contribution in [0.3, 0.4) is 0 Å². The Hall–Kier alpha value is -3.09. The highest BCUT2D eigenvalue weighted by atomic mass is 19.1. The fourth-order valence-corrected chi connectivity index (χ4v) is 3.58. The van der Waals surface area contributed by atoms with Crippen LogP contribution in [-0.4, -0.2) is 43.4 Å². The van der Waals surface area contributed by atoms with Crippen molar-refractivity contribution in [3.05, 3.63) is 72.0 Å². The summed E-state index contributed by atoms with van der Waals surface area (Å²) < 4.78 is 15.1. The van der Waals surface area contributed by atoms with Gasteiger partial charge in [0.2, 0.25) is 0 Å². The predicted octanol–water partition coefficient (Wildman–Crippen LogP) is 3.13. The van der Waals surface area contributed by atoms with Crippen LogP contribution in [0, 0.1) is 12.7 Å². The number of hydrogen-bond donors (Lipinski definition) is 0. The summed E-state index contributed by atoms with van der Waals surface area (Å²) in [4.78, 5) is 28.0. The van der Waals surface area contributed by atoms with Crippen molar-refractivity contribution >= 4 is 5.91 Å². The lowest BCUT2D eigenvalue weighted by Crippen LogP contribution is -2.39. The van der Waals surface area contributed by atoms with Gasteiger partial charge in [-0.1, -0.05) is 0 Å². The van der Waals surface area contributed by atoms with E-state index in [4.69, 9.17) is 0 Å². The van der Waals surface area contributed by atoms with Crippen molar-refractivity contribution in [1.82, 2.24) is 24.4 Å². The molecule has 1 unspecified atom stereocenters. The summed E-state index contributed by atoms with van der Waals surface area (Å²) in [6, 6.07) is 5.70. The molecule has 3 heterocycles. The molecule has 138 valence electrons. The van der Waals surface area contributed by atoms with Crippen molar-refractivity contribution in [3.8, 4) is 5.82 Å². The minimum absolute atomic E-state index is 0.0797. The van der Waals surface area contributed by atoms with Crippen molar-refractivity contribution in [2.24, 2.45) is 0 Å². The maximum absolute atomic E-state index is 13.1. The van der Waals surface area contributed by atoms with Crippen LogP contribution in [-0.2, 0) is 0 Å². The minimum Gasteiger partial charge on any atom is -0.338 e. The molecule has 0 N–H and O–H groups in total. The lowest BCUT2D eigenvalue weighted by molar-refractivity contribution is 0.0705. The van der Waals surface area contributed by atoms with Gasteiger partial charge in [0.05, 0.1) is 5.69 Å². The average Bonchev–Trinajstić information content (AvgIpc) is 3.14. The molecule has 3 aromatic rings. The Morgan fingerprint density at radius 1 is 1.11 bits per heavy atom. The second-order valence-corrected chi connectivity index (χ2v) is 6.71. The van der Waals surface area contributed by atoms with E-state index in [1.54, 1.807) is 18.6 Å². The topological polar surface area (TPSA) is 63.9 Å². The quantitative estimate of drug-likeness (QED) is 0.715. The highest BCUT2D eigenvalue weighted by molar-refractivity contribution is 5.94. The van der Waals surface area contributed by atoms with E-state index >= 15 is 0 Å². The Morgan fingerprint density at radius 2 is 1.89 bits per heavy atom. The standard InChI is InChI=1S/C20H20FN5O/c1-14-22-10-12-26(14)19-18(23-8-9-24-19)16-3-2-11-25(13-16)20(27)15-4-6-17(21)7-5-15/h4-10,12,16H,2-3,11,13H2,1H3. The van der Waals surface area contributed by atoms with Crippen molar-refractivity contribution in [1.29, 1.82) is 0 Å². The number of rotatable bonds is 3. The fraction of sp³-hybridized carbons (Fsp3) is 0.300. The van der Waals surface area contributed by atoms with Crippen LogP contribution >= 0.6 is 0 Å². The van der Waals surface area contributed by atoms with Crippen LogP contribution in [0.2, 0.25) is 0 Å². The molecular formula is C20H20FN5O. The van der Waals surface area contributed by atoms with E-state index in [9.17, 15) is 9.18 Å². The molecule has 1 saturated heterocycles. The zero-order chi connectivity index (χ0) is 18.8. The molecule has 2 aromatic heterocycles. The van der Waals surface area contributed by atoms with E-state index in [2.05, 4.69) is 15.0 Å². The largest absolute Gasteiger partial charge is 0.338 e. The number of nitrogens with zero attached hydrogens (tertiary/aromatic N) is 5. The molecule has 27 heavy (non-hydrogen) atoms. The molecule has 0 bridgehead atoms. The van der Waals surface area contributed by atoms with Gasteiger partial charge in [0, 0.05) is 49.4 Å². The summed E-state index contributed by atoms with van der Waals surface area (Å²) in [6.45, 7) is 3.17. The first-order chi connectivity index (χ1) is 13.1. The second kappa shape index (κ2) is 7.26. The smallest absolute Gasteiger partial charge is 0.253 e. The van der Waals surface area contributed by atoms with Gasteiger partial charge in [0.1, 0.15) is 11.6 Å². The Balaban J connectivity index is 1.60. The van der Waals surface area contributed by atoms with E-state index < -0.39 is 0 Å². The lowest BCUT2D eigenvalue weighted by Gasteiger charge is -2.33. The Labute approximate surface area is 156 Å². The molecule has 0 aliphatic carbocycles. The van der Waals surface area contributed by atoms with E-state index in [1.165, 1.54) is 24.3 Å². The van der Waals surface area contributed by atoms with Crippen LogP contribution in [0.25, 0.3) is 5.82 Å². The molecule has 0 spiro atoms. The van der Waals surface area contributed by atoms with Crippen molar-refractivity contribution < 1.29 is 9.18 Å². The normalized spacial score (nSPS) is 17.1. The first-order valence-corrected chi connectivity index (χ1v) is 8.99. The van der Waals surface area contributed by atoms with E-state index in [-0.39, 0.29) is 17.6 Å². The van der Waals surface area contributed by atoms with Gasteiger partial charge in [0.25, 0.3) is 5.91 Å². The number of aromatic nitrogens is 4. The Kier molecular flexibility index (Phi) is 4.66. The van der Waals surface area contributed by atoms with E-state index in [0.29, 0.717) is 18.7 Å². The summed E-state index contributed by atoms with van der Waals surface area (Å²) in [5, 5.41) is 0. The number of hydrogen-bond acceptors (Lipinski definition) is 4. The highest BCUT2D eigenvalue weighted by Gasteiger charge is 2.28. The molecular weight excluding hydrogens is 345 g/mol. The molecule has 1 aromatic carbocycles. The van der Waals surface area contributed by atoms with Gasteiger partial charge in [-0.05, 0) is 44.0 Å². The number of carbonyl (C=O) groups excluding carboxylic acids is 1. The third-order valence-corrected chi connectivity index (χ3v) is 4.95. The molecule has 6 nitrogen and oxygen atoms in total. The number of piperidine rings is 1. The van der Waals surface area contributed by atoms with Crippen molar-refractivity contribution in [2.75, 3.05) is 13.1 Å². The molecule has 1 aliphatic heterocycles. The summed E-state index contributed by atoms with van der Waals surface area (Å²) in [7, 11) is 0. The average molecular weight is 365 g/mol. The van der Waals surface area contributed by atoms with Crippen LogP contribution < -0.4 is 0 Å². The van der Waals surface area contributed by atoms with E-state index in [1.807, 2.05) is 22.6 Å². The van der Waals surface area contributed by atoms with Gasteiger partial charge < -0.3 is 4.90 Å². The Morgan fingerprint density at radius 3 is 2.63 bits per heavy atom. The third-order valence-electron chi connectivity index (χ3n) is 4.95. The maximum atomic E-state index is 13.1. The van der Waals surface area contributed by atoms with Gasteiger partial charge >= 0.3 is 0 Å². The highest BCUT2D eigenvalue weighted by Crippen LogP contribution is 2.29. The SMILES string of the molecule is Cc1nccn1-c1nccnc1C1CCCN(C(=O)c2ccc(F)cc2)C1. The molecule has 1 fully saturated rings. The summed E-state index contributed by atoms with van der Waals surface area (Å²) in [5.74, 6) is 1.26. The lowest BCUT2D eigenvalue weighted by atomic mass is 9.93. The van der Waals surface area contributed by atoms with Gasteiger partial charge in [-0.3, -0.25) is 14.3 Å². The zero-order valence-corrected chi connectivity index (χ0v) is 15.0. The van der Waals surface area contributed by atoms with E-state index in [0.717, 1.165) is 30.2 Å². The number of likely N-dealkylation sites (tertiary alicyclic amines) is 1. The molecule has 7 heteroatoms. The first-order valence-electron chi connectivity index (χ1n) is 8.99. The van der Waals surface area contributed by atoms with Crippen molar-refractivity contribution in [3.63, 3.8) is 0 Å². The molecule has 1 aliphatic rings. The minimum atomic E-state index is -0.344. The van der Waals surface area contributed by atoms with Gasteiger partial charge in [-0.2, -0.15) is 0 Å². The zero-order valence-electron chi connectivity index (χ0n) is 15.0. The molecule has 1 atom stereocenters. The monoisotopic (exact) mass is 365 g/mol. The molecule has 4 rings (SSSR count). The van der Waals surface area contributed by atoms with Crippen LogP contribution in [0.1, 0.15) is 40.6 Å². The van der Waals surface area contributed by atoms with Crippen LogP contribution in [0.15, 0.2) is 49.1 Å². The molecule has 1 amide bonds. The fourth-order valence-electron chi connectivity index (χ4n) is 3.58. The van der Waals surface area contributed by atoms with Gasteiger partial charge in [-0.15, -0.1) is 0 Å². The number of imidazole rings is 1. The Bertz CT molecular complexity index is 953. The first kappa shape index (κ1) is 17.3. The number of benzene rings is 1. The number of halogens is 1. The maximum Gasteiger partial charge on any atom is 0.253 e. The summed E-state index contributed by atoms with van der Waals surface area (Å²) in [5.41, 5.74) is 1.37. The molecule has 0 saturated carbocycles. The van der Waals surface area contributed by atoms with Gasteiger partial charge in [0.15, 0.2) is 5.82 Å². The van der Waals surface area contributed by atoms with Gasteiger partial charge in [-0.25, -0.2) is 14.4 Å². The van der Waals surface area contributed by atoms with Crippen LogP contribution in [0.5, 0.6) is 0 Å². The summed E-state index contributed by atoms with van der Waals surface area (Å²) >= 11 is 0. The number of aryl methyl sites for hydroxylation is 1. The predicted molar refractivity (Wildman–Crippen MR) is 98.2 cm³/mol. The van der Waals surface area contributed by atoms with Crippen LogP contribution in [0.4, 0.5) is 4.39 Å². The number of carbonyl (C=O) groups is 1. The van der Waals surface area contributed by atoms with Crippen molar-refractivity contribution in [2.45, 2.75) is 25.7 Å². The molecule has 0 radical (unpaired) electrons. The summed E-state index contributed by atoms with van der Waals surface area (Å²) in [6.07, 6.45) is 8.78. The number of amides is 1. The second-order valence-electron chi connectivity index (χ2n) is 6.71. The third kappa shape index (κ3) is 3.45.